The molecular formula is C10H16Cl6N2. The summed E-state index contributed by atoms with van der Waals surface area (Å²) in [7, 11) is 0. The van der Waals surface area contributed by atoms with Crippen LogP contribution in [0, 0.1) is 0 Å². The van der Waals surface area contributed by atoms with E-state index in [0.717, 1.165) is 26.2 Å². The molecule has 2 nitrogen and oxygen atoms in total. The van der Waals surface area contributed by atoms with Gasteiger partial charge in [0, 0.05) is 26.2 Å². The fraction of sp³-hybridized carbons (Fsp3) is 1.00. The lowest BCUT2D eigenvalue weighted by Crippen LogP contribution is -2.52. The smallest absolute Gasteiger partial charge is 0.0693 e. The maximum absolute atomic E-state index is 5.88. The van der Waals surface area contributed by atoms with Crippen LogP contribution in [-0.4, -0.2) is 58.4 Å². The van der Waals surface area contributed by atoms with Gasteiger partial charge in [-0.05, 0) is 0 Å². The molecule has 0 spiro atoms. The van der Waals surface area contributed by atoms with Crippen molar-refractivity contribution in [2.24, 2.45) is 0 Å². The van der Waals surface area contributed by atoms with Crippen molar-refractivity contribution in [3.05, 3.63) is 0 Å². The van der Waals surface area contributed by atoms with Crippen LogP contribution in [0.4, 0.5) is 0 Å². The summed E-state index contributed by atoms with van der Waals surface area (Å²) in [6.07, 6.45) is 0. The monoisotopic (exact) mass is 374 g/mol. The van der Waals surface area contributed by atoms with E-state index in [9.17, 15) is 0 Å². The SMILES string of the molecule is C1CNCCN1.ClC1C(Cl)C(Cl)C(Cl)C(Cl)C1Cl. The predicted molar refractivity (Wildman–Crippen MR) is 83.6 cm³/mol. The molecule has 1 saturated carbocycles. The number of rotatable bonds is 0. The van der Waals surface area contributed by atoms with Crippen molar-refractivity contribution < 1.29 is 0 Å². The van der Waals surface area contributed by atoms with Gasteiger partial charge >= 0.3 is 0 Å². The minimum atomic E-state index is -0.437. The van der Waals surface area contributed by atoms with Crippen LogP contribution in [0.1, 0.15) is 0 Å². The van der Waals surface area contributed by atoms with Gasteiger partial charge in [0.05, 0.1) is 32.3 Å². The maximum atomic E-state index is 5.88. The predicted octanol–water partition coefficient (Wildman–Crippen LogP) is 2.82. The average Bonchev–Trinajstić information content (AvgIpc) is 2.43. The van der Waals surface area contributed by atoms with Crippen molar-refractivity contribution in [1.82, 2.24) is 10.6 Å². The number of nitrogens with one attached hydrogen (secondary N) is 2. The lowest BCUT2D eigenvalue weighted by Gasteiger charge is -2.37. The van der Waals surface area contributed by atoms with E-state index in [-0.39, 0.29) is 0 Å². The molecule has 108 valence electrons. The van der Waals surface area contributed by atoms with Gasteiger partial charge in [-0.3, -0.25) is 0 Å². The van der Waals surface area contributed by atoms with E-state index in [1.807, 2.05) is 0 Å². The van der Waals surface area contributed by atoms with Gasteiger partial charge in [0.15, 0.2) is 0 Å². The van der Waals surface area contributed by atoms with Crippen LogP contribution in [0.15, 0.2) is 0 Å². The van der Waals surface area contributed by atoms with Gasteiger partial charge in [0.25, 0.3) is 0 Å². The molecule has 0 aromatic rings. The van der Waals surface area contributed by atoms with Crippen molar-refractivity contribution in [2.45, 2.75) is 32.3 Å². The van der Waals surface area contributed by atoms with Crippen LogP contribution in [0.3, 0.4) is 0 Å². The summed E-state index contributed by atoms with van der Waals surface area (Å²) in [5.41, 5.74) is 0. The molecule has 0 atom stereocenters. The average molecular weight is 377 g/mol. The van der Waals surface area contributed by atoms with Gasteiger partial charge in [-0.15, -0.1) is 69.6 Å². The zero-order chi connectivity index (χ0) is 13.7. The maximum Gasteiger partial charge on any atom is 0.0693 e. The first kappa shape index (κ1) is 17.7. The minimum Gasteiger partial charge on any atom is -0.314 e. The molecule has 2 rings (SSSR count). The fourth-order valence-electron chi connectivity index (χ4n) is 1.66. The second-order valence-corrected chi connectivity index (χ2v) is 7.19. The Hall–Kier alpha value is 1.66. The topological polar surface area (TPSA) is 24.1 Å². The van der Waals surface area contributed by atoms with Gasteiger partial charge in [0.2, 0.25) is 0 Å². The molecule has 0 amide bonds. The molecule has 18 heavy (non-hydrogen) atoms. The molecule has 0 bridgehead atoms. The van der Waals surface area contributed by atoms with Gasteiger partial charge in [-0.1, -0.05) is 0 Å². The van der Waals surface area contributed by atoms with Crippen molar-refractivity contribution in [3.63, 3.8) is 0 Å². The molecular weight excluding hydrogens is 361 g/mol. The Labute approximate surface area is 138 Å². The van der Waals surface area contributed by atoms with E-state index in [1.165, 1.54) is 0 Å². The van der Waals surface area contributed by atoms with Crippen LogP contribution in [-0.2, 0) is 0 Å². The Morgan fingerprint density at radius 1 is 0.444 bits per heavy atom. The summed E-state index contributed by atoms with van der Waals surface area (Å²) in [6, 6.07) is 0. The summed E-state index contributed by atoms with van der Waals surface area (Å²) in [4.78, 5) is 0. The minimum absolute atomic E-state index is 0.437. The number of alkyl halides is 6. The van der Waals surface area contributed by atoms with E-state index < -0.39 is 32.3 Å². The van der Waals surface area contributed by atoms with Gasteiger partial charge in [-0.2, -0.15) is 0 Å². The van der Waals surface area contributed by atoms with Gasteiger partial charge < -0.3 is 10.6 Å². The van der Waals surface area contributed by atoms with Crippen LogP contribution in [0.5, 0.6) is 0 Å². The van der Waals surface area contributed by atoms with E-state index in [4.69, 9.17) is 69.6 Å². The Balaban J connectivity index is 0.000000225. The molecule has 2 N–H and O–H groups in total. The van der Waals surface area contributed by atoms with Crippen LogP contribution in [0.2, 0.25) is 0 Å². The van der Waals surface area contributed by atoms with Gasteiger partial charge in [0.1, 0.15) is 0 Å². The fourth-order valence-corrected chi connectivity index (χ4v) is 3.98. The first-order valence-electron chi connectivity index (χ1n) is 5.72. The highest BCUT2D eigenvalue weighted by atomic mass is 35.5. The highest BCUT2D eigenvalue weighted by molar-refractivity contribution is 6.45. The van der Waals surface area contributed by atoms with Gasteiger partial charge in [-0.25, -0.2) is 0 Å². The molecule has 8 heteroatoms. The van der Waals surface area contributed by atoms with Crippen molar-refractivity contribution >= 4 is 69.6 Å². The lowest BCUT2D eigenvalue weighted by atomic mass is 9.97. The summed E-state index contributed by atoms with van der Waals surface area (Å²) >= 11 is 35.3. The first-order valence-corrected chi connectivity index (χ1v) is 8.34. The third-order valence-corrected chi connectivity index (χ3v) is 6.81. The molecule has 0 radical (unpaired) electrons. The molecule has 1 heterocycles. The molecule has 0 aromatic heterocycles. The van der Waals surface area contributed by atoms with Crippen molar-refractivity contribution in [3.8, 4) is 0 Å². The summed E-state index contributed by atoms with van der Waals surface area (Å²) < 4.78 is 0. The lowest BCUT2D eigenvalue weighted by molar-refractivity contribution is 0.534. The quantitative estimate of drug-likeness (QED) is 0.635. The largest absolute Gasteiger partial charge is 0.314 e. The third kappa shape index (κ3) is 4.89. The normalized spacial score (nSPS) is 45.0. The molecule has 2 aliphatic rings. The second kappa shape index (κ2) is 8.84. The number of piperazine rings is 1. The molecule has 1 saturated heterocycles. The third-order valence-electron chi connectivity index (χ3n) is 2.78. The van der Waals surface area contributed by atoms with Crippen LogP contribution >= 0.6 is 69.6 Å². The molecule has 0 unspecified atom stereocenters. The van der Waals surface area contributed by atoms with Crippen molar-refractivity contribution in [1.29, 1.82) is 0 Å². The summed E-state index contributed by atoms with van der Waals surface area (Å²) in [5.74, 6) is 0. The first-order chi connectivity index (χ1) is 8.46. The molecule has 2 fully saturated rings. The second-order valence-electron chi connectivity index (χ2n) is 4.17. The van der Waals surface area contributed by atoms with E-state index in [1.54, 1.807) is 0 Å². The zero-order valence-corrected chi connectivity index (χ0v) is 14.1. The Morgan fingerprint density at radius 3 is 0.722 bits per heavy atom. The van der Waals surface area contributed by atoms with Crippen LogP contribution < -0.4 is 10.6 Å². The Morgan fingerprint density at radius 2 is 0.611 bits per heavy atom. The standard InChI is InChI=1S/C6H6Cl6.C4H10N2/c7-1-2(8)4(10)6(12)5(11)3(1)9;1-2-6-4-3-5-1/h1-6H;5-6H,1-4H2. The Bertz CT molecular complexity index is 170. The summed E-state index contributed by atoms with van der Waals surface area (Å²) in [6.45, 7) is 4.56. The zero-order valence-electron chi connectivity index (χ0n) is 9.56. The van der Waals surface area contributed by atoms with E-state index in [2.05, 4.69) is 10.6 Å². The highest BCUT2D eigenvalue weighted by Crippen LogP contribution is 2.39. The van der Waals surface area contributed by atoms with Crippen molar-refractivity contribution in [2.75, 3.05) is 26.2 Å². The van der Waals surface area contributed by atoms with Crippen LogP contribution in [0.25, 0.3) is 0 Å². The number of hydrogen-bond acceptors (Lipinski definition) is 2. The Kier molecular flexibility index (Phi) is 8.70. The molecule has 0 aromatic carbocycles. The molecule has 1 aliphatic carbocycles. The summed E-state index contributed by atoms with van der Waals surface area (Å²) in [5, 5.41) is 3.82. The van der Waals surface area contributed by atoms with E-state index in [0.29, 0.717) is 0 Å². The highest BCUT2D eigenvalue weighted by Gasteiger charge is 2.46. The van der Waals surface area contributed by atoms with E-state index >= 15 is 0 Å². The molecule has 1 aliphatic heterocycles. The number of hydrogen-bond donors (Lipinski definition) is 2. The number of halogens is 6.